The van der Waals surface area contributed by atoms with Gasteiger partial charge in [0.1, 0.15) is 5.75 Å². The van der Waals surface area contributed by atoms with Crippen molar-refractivity contribution < 1.29 is 10.2 Å². The first kappa shape index (κ1) is 11.4. The van der Waals surface area contributed by atoms with E-state index in [1.807, 2.05) is 36.4 Å². The van der Waals surface area contributed by atoms with Gasteiger partial charge >= 0.3 is 0 Å². The summed E-state index contributed by atoms with van der Waals surface area (Å²) in [7, 11) is 0. The van der Waals surface area contributed by atoms with Gasteiger partial charge in [0.2, 0.25) is 0 Å². The van der Waals surface area contributed by atoms with Crippen molar-refractivity contribution in [3.05, 3.63) is 71.8 Å². The fourth-order valence-corrected chi connectivity index (χ4v) is 1.59. The number of aromatic hydroxyl groups is 1. The molecule has 17 heavy (non-hydrogen) atoms. The Balaban J connectivity index is 2.12. The molecule has 2 aromatic carbocycles. The standard InChI is InChI=1S/C15H14O2/c16-14-8-4-7-13(11-14)15(17)10-9-12-5-2-1-3-6-12/h1-11,15-17H/b10-9+. The van der Waals surface area contributed by atoms with E-state index in [4.69, 9.17) is 0 Å². The minimum atomic E-state index is -0.706. The SMILES string of the molecule is Oc1cccc(C(O)/C=C/c2ccccc2)c1. The van der Waals surface area contributed by atoms with Crippen LogP contribution in [-0.2, 0) is 0 Å². The van der Waals surface area contributed by atoms with E-state index in [-0.39, 0.29) is 5.75 Å². The normalized spacial score (nSPS) is 12.8. The molecule has 0 radical (unpaired) electrons. The van der Waals surface area contributed by atoms with Gasteiger partial charge in [-0.1, -0.05) is 54.6 Å². The fourth-order valence-electron chi connectivity index (χ4n) is 1.59. The summed E-state index contributed by atoms with van der Waals surface area (Å²) in [4.78, 5) is 0. The van der Waals surface area contributed by atoms with Gasteiger partial charge < -0.3 is 10.2 Å². The average molecular weight is 226 g/mol. The minimum Gasteiger partial charge on any atom is -0.508 e. The molecule has 0 aliphatic carbocycles. The molecule has 0 aromatic heterocycles. The van der Waals surface area contributed by atoms with Crippen LogP contribution in [0.3, 0.4) is 0 Å². The maximum atomic E-state index is 9.91. The summed E-state index contributed by atoms with van der Waals surface area (Å²) < 4.78 is 0. The van der Waals surface area contributed by atoms with Crippen LogP contribution in [0.4, 0.5) is 0 Å². The highest BCUT2D eigenvalue weighted by Crippen LogP contribution is 2.19. The van der Waals surface area contributed by atoms with Crippen LogP contribution in [0, 0.1) is 0 Å². The molecule has 0 aliphatic rings. The largest absolute Gasteiger partial charge is 0.508 e. The van der Waals surface area contributed by atoms with Crippen molar-refractivity contribution in [1.29, 1.82) is 0 Å². The van der Waals surface area contributed by atoms with Gasteiger partial charge in [-0.05, 0) is 23.3 Å². The van der Waals surface area contributed by atoms with Crippen molar-refractivity contribution in [3.8, 4) is 5.75 Å². The molecule has 0 fully saturated rings. The van der Waals surface area contributed by atoms with Crippen molar-refractivity contribution in [2.75, 3.05) is 0 Å². The summed E-state index contributed by atoms with van der Waals surface area (Å²) in [6.07, 6.45) is 2.85. The zero-order valence-electron chi connectivity index (χ0n) is 9.32. The van der Waals surface area contributed by atoms with Gasteiger partial charge in [0.05, 0.1) is 6.10 Å². The van der Waals surface area contributed by atoms with Crippen LogP contribution in [0.15, 0.2) is 60.7 Å². The second-order valence-electron chi connectivity index (χ2n) is 3.81. The Kier molecular flexibility index (Phi) is 3.58. The first-order valence-electron chi connectivity index (χ1n) is 5.46. The highest BCUT2D eigenvalue weighted by Gasteiger charge is 2.03. The van der Waals surface area contributed by atoms with E-state index in [0.717, 1.165) is 5.56 Å². The Morgan fingerprint density at radius 3 is 2.41 bits per heavy atom. The van der Waals surface area contributed by atoms with Crippen molar-refractivity contribution in [2.45, 2.75) is 6.10 Å². The number of benzene rings is 2. The second kappa shape index (κ2) is 5.32. The van der Waals surface area contributed by atoms with E-state index >= 15 is 0 Å². The summed E-state index contributed by atoms with van der Waals surface area (Å²) in [5.41, 5.74) is 1.71. The first-order chi connectivity index (χ1) is 8.25. The van der Waals surface area contributed by atoms with Crippen LogP contribution < -0.4 is 0 Å². The van der Waals surface area contributed by atoms with E-state index in [2.05, 4.69) is 0 Å². The van der Waals surface area contributed by atoms with Gasteiger partial charge in [-0.25, -0.2) is 0 Å². The smallest absolute Gasteiger partial charge is 0.115 e. The maximum Gasteiger partial charge on any atom is 0.115 e. The lowest BCUT2D eigenvalue weighted by atomic mass is 10.1. The lowest BCUT2D eigenvalue weighted by Gasteiger charge is -2.06. The molecule has 0 heterocycles. The third kappa shape index (κ3) is 3.20. The number of aliphatic hydroxyl groups excluding tert-OH is 1. The molecule has 2 aromatic rings. The molecule has 0 aliphatic heterocycles. The molecule has 2 N–H and O–H groups in total. The van der Waals surface area contributed by atoms with E-state index in [0.29, 0.717) is 5.56 Å². The number of hydrogen-bond donors (Lipinski definition) is 2. The molecule has 0 saturated heterocycles. The van der Waals surface area contributed by atoms with Crippen LogP contribution in [0.25, 0.3) is 6.08 Å². The zero-order valence-corrected chi connectivity index (χ0v) is 9.32. The van der Waals surface area contributed by atoms with Gasteiger partial charge in [0, 0.05) is 0 Å². The highest BCUT2D eigenvalue weighted by molar-refractivity contribution is 5.50. The number of hydrogen-bond acceptors (Lipinski definition) is 2. The number of phenolic OH excluding ortho intramolecular Hbond substituents is 1. The van der Waals surface area contributed by atoms with Crippen LogP contribution in [0.2, 0.25) is 0 Å². The predicted molar refractivity (Wildman–Crippen MR) is 68.5 cm³/mol. The van der Waals surface area contributed by atoms with Gasteiger partial charge in [0.15, 0.2) is 0 Å². The van der Waals surface area contributed by atoms with Crippen molar-refractivity contribution in [1.82, 2.24) is 0 Å². The van der Waals surface area contributed by atoms with Gasteiger partial charge in [0.25, 0.3) is 0 Å². The minimum absolute atomic E-state index is 0.162. The highest BCUT2D eigenvalue weighted by atomic mass is 16.3. The molecule has 2 nitrogen and oxygen atoms in total. The Morgan fingerprint density at radius 1 is 0.941 bits per heavy atom. The molecule has 0 saturated carbocycles. The number of aliphatic hydroxyl groups is 1. The molecule has 1 atom stereocenters. The topological polar surface area (TPSA) is 40.5 Å². The third-order valence-electron chi connectivity index (χ3n) is 2.48. The Labute approximate surface area is 100 Å². The van der Waals surface area contributed by atoms with Crippen LogP contribution >= 0.6 is 0 Å². The van der Waals surface area contributed by atoms with Gasteiger partial charge in [-0.3, -0.25) is 0 Å². The molecule has 2 heteroatoms. The summed E-state index contributed by atoms with van der Waals surface area (Å²) >= 11 is 0. The molecule has 0 spiro atoms. The summed E-state index contributed by atoms with van der Waals surface area (Å²) in [5.74, 6) is 0.162. The van der Waals surface area contributed by atoms with Gasteiger partial charge in [-0.2, -0.15) is 0 Å². The lowest BCUT2D eigenvalue weighted by Crippen LogP contribution is -1.91. The van der Waals surface area contributed by atoms with Gasteiger partial charge in [-0.15, -0.1) is 0 Å². The Hall–Kier alpha value is -2.06. The van der Waals surface area contributed by atoms with E-state index in [9.17, 15) is 10.2 Å². The van der Waals surface area contributed by atoms with Crippen LogP contribution in [-0.4, -0.2) is 10.2 Å². The number of phenols is 1. The lowest BCUT2D eigenvalue weighted by molar-refractivity contribution is 0.229. The number of rotatable bonds is 3. The summed E-state index contributed by atoms with van der Waals surface area (Å²) in [5, 5.41) is 19.2. The maximum absolute atomic E-state index is 9.91. The van der Waals surface area contributed by atoms with Crippen molar-refractivity contribution in [3.63, 3.8) is 0 Å². The third-order valence-corrected chi connectivity index (χ3v) is 2.48. The second-order valence-corrected chi connectivity index (χ2v) is 3.81. The summed E-state index contributed by atoms with van der Waals surface area (Å²) in [6, 6.07) is 16.4. The predicted octanol–water partition coefficient (Wildman–Crippen LogP) is 3.14. The van der Waals surface area contributed by atoms with Crippen LogP contribution in [0.5, 0.6) is 5.75 Å². The Bertz CT molecular complexity index is 503. The quantitative estimate of drug-likeness (QED) is 0.844. The molecular weight excluding hydrogens is 212 g/mol. The van der Waals surface area contributed by atoms with E-state index < -0.39 is 6.10 Å². The van der Waals surface area contributed by atoms with Crippen molar-refractivity contribution >= 4 is 6.08 Å². The molecule has 0 amide bonds. The first-order valence-corrected chi connectivity index (χ1v) is 5.46. The van der Waals surface area contributed by atoms with E-state index in [1.165, 1.54) is 0 Å². The molecule has 2 rings (SSSR count). The molecule has 0 bridgehead atoms. The van der Waals surface area contributed by atoms with Crippen LogP contribution in [0.1, 0.15) is 17.2 Å². The molecule has 86 valence electrons. The van der Waals surface area contributed by atoms with Crippen molar-refractivity contribution in [2.24, 2.45) is 0 Å². The Morgan fingerprint density at radius 2 is 1.71 bits per heavy atom. The zero-order chi connectivity index (χ0) is 12.1. The monoisotopic (exact) mass is 226 g/mol. The molecule has 1 unspecified atom stereocenters. The summed E-state index contributed by atoms with van der Waals surface area (Å²) in [6.45, 7) is 0. The fraction of sp³-hybridized carbons (Fsp3) is 0.0667. The average Bonchev–Trinajstić information content (AvgIpc) is 2.37. The van der Waals surface area contributed by atoms with E-state index in [1.54, 1.807) is 30.3 Å². The molecular formula is C15H14O2.